The van der Waals surface area contributed by atoms with Crippen molar-refractivity contribution in [1.82, 2.24) is 29.7 Å². The van der Waals surface area contributed by atoms with E-state index in [0.29, 0.717) is 46.6 Å². The van der Waals surface area contributed by atoms with Gasteiger partial charge in [0.2, 0.25) is 11.8 Å². The molecule has 47 heavy (non-hydrogen) atoms. The SMILES string of the molecule is CC1CCC(Oc2nc(NCc3ccc(-n4cncn4)cc3)nc3ccc(-c4ccc(OC(F)F)c(S(C)(=O)=O)c4)nc23)CC1(C)C. The van der Waals surface area contributed by atoms with E-state index in [4.69, 9.17) is 19.7 Å². The van der Waals surface area contributed by atoms with Crippen LogP contribution in [0.1, 0.15) is 45.6 Å². The molecule has 1 fully saturated rings. The Kier molecular flexibility index (Phi) is 8.79. The number of hydrogen-bond donors (Lipinski definition) is 1. The highest BCUT2D eigenvalue weighted by Gasteiger charge is 2.35. The average Bonchev–Trinajstić information content (AvgIpc) is 3.57. The maximum absolute atomic E-state index is 13.0. The molecule has 246 valence electrons. The Morgan fingerprint density at radius 3 is 2.51 bits per heavy atom. The molecular weight excluding hydrogens is 628 g/mol. The van der Waals surface area contributed by atoms with Gasteiger partial charge in [0.25, 0.3) is 0 Å². The number of hydrogen-bond acceptors (Lipinski definition) is 10. The molecule has 2 atom stereocenters. The standard InChI is InChI=1S/C33H35F2N7O4S/c1-20-5-11-24(16-33(20,2)3)45-30-29-26(40-32(41-30)37-17-21-6-9-23(10-7-21)42-19-36-18-38-42)13-12-25(39-29)22-8-14-27(46-31(34)35)28(15-22)47(4,43)44/h6-10,12-15,18-20,24,31H,5,11,16-17H2,1-4H3,(H,37,40,41). The van der Waals surface area contributed by atoms with Crippen LogP contribution in [0.5, 0.6) is 11.6 Å². The lowest BCUT2D eigenvalue weighted by molar-refractivity contribution is -0.0517. The summed E-state index contributed by atoms with van der Waals surface area (Å²) in [6, 6.07) is 15.2. The molecule has 5 aromatic rings. The largest absolute Gasteiger partial charge is 0.473 e. The van der Waals surface area contributed by atoms with E-state index in [-0.39, 0.29) is 16.4 Å². The van der Waals surface area contributed by atoms with E-state index in [2.05, 4.69) is 40.9 Å². The van der Waals surface area contributed by atoms with Crippen molar-refractivity contribution >= 4 is 26.8 Å². The van der Waals surface area contributed by atoms with E-state index in [1.807, 2.05) is 24.3 Å². The summed E-state index contributed by atoms with van der Waals surface area (Å²) in [5, 5.41) is 7.45. The average molecular weight is 664 g/mol. The molecule has 0 spiro atoms. The lowest BCUT2D eigenvalue weighted by Gasteiger charge is -2.40. The summed E-state index contributed by atoms with van der Waals surface area (Å²) in [4.78, 5) is 17.9. The van der Waals surface area contributed by atoms with Crippen LogP contribution in [0.25, 0.3) is 28.0 Å². The first-order valence-corrected chi connectivity index (χ1v) is 17.1. The molecule has 2 aromatic carbocycles. The van der Waals surface area contributed by atoms with Crippen LogP contribution < -0.4 is 14.8 Å². The Bertz CT molecular complexity index is 1990. The van der Waals surface area contributed by atoms with Gasteiger partial charge in [-0.2, -0.15) is 18.9 Å². The summed E-state index contributed by atoms with van der Waals surface area (Å²) >= 11 is 0. The fourth-order valence-electron chi connectivity index (χ4n) is 5.72. The minimum Gasteiger partial charge on any atom is -0.473 e. The zero-order chi connectivity index (χ0) is 33.3. The topological polar surface area (TPSA) is 134 Å². The van der Waals surface area contributed by atoms with Gasteiger partial charge in [-0.3, -0.25) is 0 Å². The van der Waals surface area contributed by atoms with E-state index >= 15 is 0 Å². The Hall–Kier alpha value is -4.72. The molecule has 14 heteroatoms. The molecule has 0 aliphatic heterocycles. The van der Waals surface area contributed by atoms with Gasteiger partial charge in [0.15, 0.2) is 15.4 Å². The maximum Gasteiger partial charge on any atom is 0.387 e. The number of anilines is 1. The van der Waals surface area contributed by atoms with Gasteiger partial charge in [0.1, 0.15) is 29.4 Å². The molecule has 3 heterocycles. The van der Waals surface area contributed by atoms with Crippen LogP contribution in [0.3, 0.4) is 0 Å². The Morgan fingerprint density at radius 1 is 1.04 bits per heavy atom. The van der Waals surface area contributed by atoms with Gasteiger partial charge < -0.3 is 14.8 Å². The third-order valence-corrected chi connectivity index (χ3v) is 9.84. The summed E-state index contributed by atoms with van der Waals surface area (Å²) in [7, 11) is -3.89. The fourth-order valence-corrected chi connectivity index (χ4v) is 6.55. The van der Waals surface area contributed by atoms with Crippen LogP contribution in [-0.2, 0) is 16.4 Å². The van der Waals surface area contributed by atoms with Crippen molar-refractivity contribution in [3.8, 4) is 28.6 Å². The molecule has 0 bridgehead atoms. The number of fused-ring (bicyclic) bond motifs is 1. The van der Waals surface area contributed by atoms with Crippen molar-refractivity contribution in [2.45, 2.75) is 64.2 Å². The summed E-state index contributed by atoms with van der Waals surface area (Å²) in [5.74, 6) is 0.775. The number of ether oxygens (including phenoxy) is 2. The second-order valence-corrected chi connectivity index (χ2v) is 14.5. The highest BCUT2D eigenvalue weighted by Crippen LogP contribution is 2.42. The van der Waals surface area contributed by atoms with Gasteiger partial charge in [0, 0.05) is 18.4 Å². The number of sulfone groups is 1. The van der Waals surface area contributed by atoms with E-state index < -0.39 is 22.2 Å². The molecule has 1 saturated carbocycles. The van der Waals surface area contributed by atoms with Crippen LogP contribution in [0.15, 0.2) is 72.1 Å². The molecule has 2 unspecified atom stereocenters. The molecule has 0 amide bonds. The Balaban J connectivity index is 1.34. The molecule has 0 radical (unpaired) electrons. The molecular formula is C33H35F2N7O4S. The van der Waals surface area contributed by atoms with Crippen LogP contribution >= 0.6 is 0 Å². The predicted octanol–water partition coefficient (Wildman–Crippen LogP) is 6.48. The van der Waals surface area contributed by atoms with Crippen molar-refractivity contribution in [3.63, 3.8) is 0 Å². The zero-order valence-electron chi connectivity index (χ0n) is 26.4. The van der Waals surface area contributed by atoms with Crippen LogP contribution in [0.2, 0.25) is 0 Å². The first kappa shape index (κ1) is 32.2. The van der Waals surface area contributed by atoms with Gasteiger partial charge in [-0.1, -0.05) is 32.9 Å². The minimum absolute atomic E-state index is 0.0773. The number of alkyl halides is 2. The normalized spacial score (nSPS) is 17.9. The molecule has 11 nitrogen and oxygen atoms in total. The molecule has 6 rings (SSSR count). The van der Waals surface area contributed by atoms with Gasteiger partial charge in [0.05, 0.1) is 16.9 Å². The highest BCUT2D eigenvalue weighted by molar-refractivity contribution is 7.90. The summed E-state index contributed by atoms with van der Waals surface area (Å²) < 4.78 is 63.6. The minimum atomic E-state index is -3.89. The van der Waals surface area contributed by atoms with Crippen LogP contribution in [0, 0.1) is 11.3 Å². The molecule has 1 aliphatic rings. The monoisotopic (exact) mass is 663 g/mol. The number of benzene rings is 2. The van der Waals surface area contributed by atoms with E-state index in [1.54, 1.807) is 23.1 Å². The lowest BCUT2D eigenvalue weighted by Crippen LogP contribution is -2.36. The first-order chi connectivity index (χ1) is 22.4. The van der Waals surface area contributed by atoms with Crippen molar-refractivity contribution < 1.29 is 26.7 Å². The fraction of sp³-hybridized carbons (Fsp3) is 0.364. The smallest absolute Gasteiger partial charge is 0.387 e. The third-order valence-electron chi connectivity index (χ3n) is 8.72. The van der Waals surface area contributed by atoms with Gasteiger partial charge >= 0.3 is 6.61 Å². The Morgan fingerprint density at radius 2 is 1.83 bits per heavy atom. The summed E-state index contributed by atoms with van der Waals surface area (Å²) in [6.07, 6.45) is 6.66. The van der Waals surface area contributed by atoms with Crippen LogP contribution in [0.4, 0.5) is 14.7 Å². The summed E-state index contributed by atoms with van der Waals surface area (Å²) in [6.45, 7) is 4.01. The number of nitrogens with one attached hydrogen (secondary N) is 1. The van der Waals surface area contributed by atoms with Crippen LogP contribution in [-0.4, -0.2) is 57.1 Å². The molecule has 1 aliphatic carbocycles. The van der Waals surface area contributed by atoms with Gasteiger partial charge in [-0.25, -0.2) is 28.1 Å². The quantitative estimate of drug-likeness (QED) is 0.177. The number of nitrogens with zero attached hydrogens (tertiary/aromatic N) is 6. The van der Waals surface area contributed by atoms with Gasteiger partial charge in [-0.15, -0.1) is 0 Å². The Labute approximate surface area is 271 Å². The van der Waals surface area contributed by atoms with Gasteiger partial charge in [-0.05, 0) is 78.6 Å². The molecule has 1 N–H and O–H groups in total. The number of aromatic nitrogens is 6. The second kappa shape index (κ2) is 12.8. The predicted molar refractivity (Wildman–Crippen MR) is 172 cm³/mol. The van der Waals surface area contributed by atoms with E-state index in [0.717, 1.165) is 36.8 Å². The first-order valence-electron chi connectivity index (χ1n) is 15.2. The van der Waals surface area contributed by atoms with Crippen molar-refractivity contribution in [2.24, 2.45) is 11.3 Å². The lowest BCUT2D eigenvalue weighted by atomic mass is 9.69. The highest BCUT2D eigenvalue weighted by atomic mass is 32.2. The maximum atomic E-state index is 13.0. The summed E-state index contributed by atoms with van der Waals surface area (Å²) in [5.41, 5.74) is 3.67. The van der Waals surface area contributed by atoms with Crippen molar-refractivity contribution in [1.29, 1.82) is 0 Å². The second-order valence-electron chi connectivity index (χ2n) is 12.5. The third kappa shape index (κ3) is 7.32. The number of rotatable bonds is 10. The molecule has 3 aromatic heterocycles. The number of halogens is 2. The number of pyridine rings is 1. The van der Waals surface area contributed by atoms with E-state index in [1.165, 1.54) is 24.5 Å². The van der Waals surface area contributed by atoms with Crippen molar-refractivity contribution in [3.05, 3.63) is 72.8 Å². The van der Waals surface area contributed by atoms with E-state index in [9.17, 15) is 17.2 Å². The van der Waals surface area contributed by atoms with Crippen molar-refractivity contribution in [2.75, 3.05) is 11.6 Å². The molecule has 0 saturated heterocycles. The zero-order valence-corrected chi connectivity index (χ0v) is 27.2.